The second-order valence-electron chi connectivity index (χ2n) is 4.28. The first-order chi connectivity index (χ1) is 9.74. The summed E-state index contributed by atoms with van der Waals surface area (Å²) in [6.45, 7) is 0.475. The summed E-state index contributed by atoms with van der Waals surface area (Å²) in [6, 6.07) is 10.0. The largest absolute Gasteiger partial charge is 0.352 e. The summed E-state index contributed by atoms with van der Waals surface area (Å²) >= 11 is 0. The molecule has 4 heteroatoms. The molecule has 0 saturated carbocycles. The fraction of sp³-hybridized carbons (Fsp3) is 0.125. The van der Waals surface area contributed by atoms with E-state index in [0.717, 1.165) is 11.1 Å². The summed E-state index contributed by atoms with van der Waals surface area (Å²) in [4.78, 5) is 15.5. The van der Waals surface area contributed by atoms with Crippen molar-refractivity contribution >= 4 is 12.0 Å². The zero-order valence-electron chi connectivity index (χ0n) is 10.9. The number of aromatic nitrogens is 1. The zero-order chi connectivity index (χ0) is 14.2. The predicted octanol–water partition coefficient (Wildman–Crippen LogP) is 2.59. The Hall–Kier alpha value is -2.49. The molecule has 1 aromatic carbocycles. The molecule has 1 N–H and O–H groups in total. The van der Waals surface area contributed by atoms with E-state index >= 15 is 0 Å². The van der Waals surface area contributed by atoms with E-state index in [1.807, 2.05) is 18.2 Å². The van der Waals surface area contributed by atoms with Gasteiger partial charge < -0.3 is 5.32 Å². The van der Waals surface area contributed by atoms with Crippen molar-refractivity contribution in [3.8, 4) is 0 Å². The monoisotopic (exact) mass is 270 g/mol. The molecule has 20 heavy (non-hydrogen) atoms. The minimum atomic E-state index is -0.258. The van der Waals surface area contributed by atoms with Gasteiger partial charge in [0.1, 0.15) is 5.82 Å². The van der Waals surface area contributed by atoms with Crippen LogP contribution in [0.25, 0.3) is 6.08 Å². The number of hydrogen-bond acceptors (Lipinski definition) is 2. The third kappa shape index (κ3) is 4.65. The Bertz CT molecular complexity index is 596. The Morgan fingerprint density at radius 3 is 2.80 bits per heavy atom. The molecule has 2 rings (SSSR count). The molecule has 1 amide bonds. The number of carbonyl (C=O) groups is 1. The van der Waals surface area contributed by atoms with Crippen molar-refractivity contribution in [2.75, 3.05) is 6.54 Å². The smallest absolute Gasteiger partial charge is 0.244 e. The number of carbonyl (C=O) groups excluding carboxylic acids is 1. The van der Waals surface area contributed by atoms with Gasteiger partial charge >= 0.3 is 0 Å². The van der Waals surface area contributed by atoms with Crippen molar-refractivity contribution in [3.05, 3.63) is 71.8 Å². The van der Waals surface area contributed by atoms with Gasteiger partial charge in [-0.3, -0.25) is 9.78 Å². The van der Waals surface area contributed by atoms with E-state index in [-0.39, 0.29) is 11.7 Å². The molecule has 0 aliphatic rings. The highest BCUT2D eigenvalue weighted by molar-refractivity contribution is 5.91. The van der Waals surface area contributed by atoms with Gasteiger partial charge in [-0.25, -0.2) is 4.39 Å². The second-order valence-corrected chi connectivity index (χ2v) is 4.28. The molecule has 0 saturated heterocycles. The van der Waals surface area contributed by atoms with Gasteiger partial charge in [0.05, 0.1) is 0 Å². The Morgan fingerprint density at radius 2 is 2.05 bits per heavy atom. The average Bonchev–Trinajstić information content (AvgIpc) is 2.46. The highest BCUT2D eigenvalue weighted by atomic mass is 19.1. The molecule has 102 valence electrons. The van der Waals surface area contributed by atoms with Crippen molar-refractivity contribution in [2.45, 2.75) is 6.42 Å². The Labute approximate surface area is 117 Å². The van der Waals surface area contributed by atoms with E-state index in [2.05, 4.69) is 10.3 Å². The first-order valence-electron chi connectivity index (χ1n) is 6.34. The molecule has 3 nitrogen and oxygen atoms in total. The second kappa shape index (κ2) is 7.19. The fourth-order valence-corrected chi connectivity index (χ4v) is 1.73. The molecule has 1 heterocycles. The van der Waals surface area contributed by atoms with Crippen molar-refractivity contribution in [3.63, 3.8) is 0 Å². The van der Waals surface area contributed by atoms with Gasteiger partial charge in [0.2, 0.25) is 5.91 Å². The molecule has 0 fully saturated rings. The number of benzene rings is 1. The minimum absolute atomic E-state index is 0.168. The van der Waals surface area contributed by atoms with Gasteiger partial charge in [0.25, 0.3) is 0 Å². The summed E-state index contributed by atoms with van der Waals surface area (Å²) in [5.41, 5.74) is 1.78. The minimum Gasteiger partial charge on any atom is -0.352 e. The first kappa shape index (κ1) is 13.9. The van der Waals surface area contributed by atoms with E-state index in [1.54, 1.807) is 24.5 Å². The van der Waals surface area contributed by atoms with Crippen LogP contribution in [-0.2, 0) is 11.2 Å². The summed E-state index contributed by atoms with van der Waals surface area (Å²) in [5.74, 6) is -0.426. The first-order valence-corrected chi connectivity index (χ1v) is 6.34. The summed E-state index contributed by atoms with van der Waals surface area (Å²) < 4.78 is 13.0. The van der Waals surface area contributed by atoms with Crippen LogP contribution in [0.4, 0.5) is 4.39 Å². The molecule has 1 aromatic heterocycles. The van der Waals surface area contributed by atoms with Gasteiger partial charge in [0, 0.05) is 25.0 Å². The average molecular weight is 270 g/mol. The van der Waals surface area contributed by atoms with Crippen LogP contribution in [0.1, 0.15) is 11.1 Å². The number of pyridine rings is 1. The number of nitrogens with one attached hydrogen (secondary N) is 1. The van der Waals surface area contributed by atoms with E-state index < -0.39 is 0 Å². The maximum atomic E-state index is 13.0. The summed E-state index contributed by atoms with van der Waals surface area (Å²) in [5, 5.41) is 2.76. The third-order valence-electron chi connectivity index (χ3n) is 2.74. The molecule has 0 radical (unpaired) electrons. The van der Waals surface area contributed by atoms with Crippen LogP contribution in [0.15, 0.2) is 54.9 Å². The van der Waals surface area contributed by atoms with Gasteiger partial charge in [-0.2, -0.15) is 0 Å². The van der Waals surface area contributed by atoms with Crippen LogP contribution < -0.4 is 5.32 Å². The standard InChI is InChI=1S/C16H15FN2O/c17-15-3-1-2-14(12-15)8-11-19-16(20)5-4-13-6-9-18-10-7-13/h1-7,9-10,12H,8,11H2,(H,19,20)/b5-4+. The lowest BCUT2D eigenvalue weighted by atomic mass is 10.1. The van der Waals surface area contributed by atoms with Crippen LogP contribution >= 0.6 is 0 Å². The van der Waals surface area contributed by atoms with Crippen molar-refractivity contribution in [1.29, 1.82) is 0 Å². The number of halogens is 1. The topological polar surface area (TPSA) is 42.0 Å². The summed E-state index contributed by atoms with van der Waals surface area (Å²) in [6.07, 6.45) is 7.13. The van der Waals surface area contributed by atoms with Gasteiger partial charge in [-0.1, -0.05) is 12.1 Å². The van der Waals surface area contributed by atoms with Crippen LogP contribution in [0, 0.1) is 5.82 Å². The quantitative estimate of drug-likeness (QED) is 0.848. The van der Waals surface area contributed by atoms with Crippen molar-refractivity contribution in [1.82, 2.24) is 10.3 Å². The molecule has 0 aliphatic heterocycles. The van der Waals surface area contributed by atoms with E-state index in [0.29, 0.717) is 13.0 Å². The van der Waals surface area contributed by atoms with Crippen LogP contribution in [0.5, 0.6) is 0 Å². The van der Waals surface area contributed by atoms with Crippen molar-refractivity contribution < 1.29 is 9.18 Å². The summed E-state index contributed by atoms with van der Waals surface area (Å²) in [7, 11) is 0. The number of rotatable bonds is 5. The molecule has 2 aromatic rings. The molecule has 0 atom stereocenters. The van der Waals surface area contributed by atoms with Gasteiger partial charge in [-0.05, 0) is 47.9 Å². The highest BCUT2D eigenvalue weighted by Gasteiger charge is 1.98. The van der Waals surface area contributed by atoms with Crippen LogP contribution in [0.2, 0.25) is 0 Å². The molecular weight excluding hydrogens is 255 g/mol. The van der Waals surface area contributed by atoms with Crippen molar-refractivity contribution in [2.24, 2.45) is 0 Å². The van der Waals surface area contributed by atoms with E-state index in [4.69, 9.17) is 0 Å². The maximum absolute atomic E-state index is 13.0. The van der Waals surface area contributed by atoms with E-state index in [1.165, 1.54) is 18.2 Å². The molecular formula is C16H15FN2O. The highest BCUT2D eigenvalue weighted by Crippen LogP contribution is 2.03. The normalized spacial score (nSPS) is 10.7. The third-order valence-corrected chi connectivity index (χ3v) is 2.74. The molecule has 0 spiro atoms. The Morgan fingerprint density at radius 1 is 1.25 bits per heavy atom. The number of amides is 1. The van der Waals surface area contributed by atoms with Gasteiger partial charge in [-0.15, -0.1) is 0 Å². The lowest BCUT2D eigenvalue weighted by Crippen LogP contribution is -2.23. The maximum Gasteiger partial charge on any atom is 0.244 e. The lowest BCUT2D eigenvalue weighted by molar-refractivity contribution is -0.116. The van der Waals surface area contributed by atoms with Crippen LogP contribution in [0.3, 0.4) is 0 Å². The lowest BCUT2D eigenvalue weighted by Gasteiger charge is -2.02. The van der Waals surface area contributed by atoms with E-state index in [9.17, 15) is 9.18 Å². The number of hydrogen-bond donors (Lipinski definition) is 1. The molecule has 0 aliphatic carbocycles. The number of nitrogens with zero attached hydrogens (tertiary/aromatic N) is 1. The Kier molecular flexibility index (Phi) is 5.00. The predicted molar refractivity (Wildman–Crippen MR) is 76.4 cm³/mol. The molecule has 0 unspecified atom stereocenters. The molecule has 0 bridgehead atoms. The van der Waals surface area contributed by atoms with Gasteiger partial charge in [0.15, 0.2) is 0 Å². The Balaban J connectivity index is 1.77. The SMILES string of the molecule is O=C(/C=C/c1ccncc1)NCCc1cccc(F)c1. The fourth-order valence-electron chi connectivity index (χ4n) is 1.73. The van der Waals surface area contributed by atoms with Crippen LogP contribution in [-0.4, -0.2) is 17.4 Å². The zero-order valence-corrected chi connectivity index (χ0v) is 10.9.